The Kier molecular flexibility index (Phi) is 13.8. The molecular weight excluding hydrogens is 763 g/mol. The molecule has 0 amide bonds. The van der Waals surface area contributed by atoms with Gasteiger partial charge in [-0.1, -0.05) is 232 Å². The molecule has 0 N–H and O–H groups in total. The van der Waals surface area contributed by atoms with Gasteiger partial charge in [-0.3, -0.25) is 9.49 Å². The Morgan fingerprint density at radius 2 is 0.817 bits per heavy atom. The van der Waals surface area contributed by atoms with Crippen molar-refractivity contribution in [1.29, 1.82) is 0 Å². The zero-order valence-corrected chi connectivity index (χ0v) is 36.1. The lowest BCUT2D eigenvalue weighted by atomic mass is 10.00. The molecule has 0 fully saturated rings. The smallest absolute Gasteiger partial charge is 0.0625 e. The average Bonchev–Trinajstić information content (AvgIpc) is 3.32. The average molecular weight is 813 g/mol. The lowest BCUT2D eigenvalue weighted by Crippen LogP contribution is -2.25. The van der Waals surface area contributed by atoms with Crippen LogP contribution in [0.15, 0.2) is 276 Å². The lowest BCUT2D eigenvalue weighted by molar-refractivity contribution is 1.52. The van der Waals surface area contributed by atoms with Crippen LogP contribution in [0, 0.1) is 0 Å². The summed E-state index contributed by atoms with van der Waals surface area (Å²) in [6.45, 7) is 12.7. The Balaban J connectivity index is 1.21. The van der Waals surface area contributed by atoms with E-state index in [1.807, 2.05) is 43.4 Å². The molecule has 0 bridgehead atoms. The second-order valence-corrected chi connectivity index (χ2v) is 20.3. The summed E-state index contributed by atoms with van der Waals surface area (Å²) in [4.78, 5) is 0. The van der Waals surface area contributed by atoms with Crippen molar-refractivity contribution in [3.05, 3.63) is 267 Å². The van der Waals surface area contributed by atoms with Gasteiger partial charge in [0.2, 0.25) is 0 Å². The first-order chi connectivity index (χ1) is 29.5. The normalized spacial score (nSPS) is 13.0. The van der Waals surface area contributed by atoms with E-state index in [1.54, 1.807) is 0 Å². The van der Waals surface area contributed by atoms with E-state index in [-0.39, 0.29) is 0 Å². The van der Waals surface area contributed by atoms with Crippen LogP contribution in [0.1, 0.15) is 13.8 Å². The minimum absolute atomic E-state index is 0.906. The van der Waals surface area contributed by atoms with Gasteiger partial charge in [-0.05, 0) is 71.0 Å². The van der Waals surface area contributed by atoms with Gasteiger partial charge in [0, 0.05) is 21.2 Å². The summed E-state index contributed by atoms with van der Waals surface area (Å²) in [5.74, 6) is 0. The molecule has 7 rings (SSSR count). The largest absolute Gasteiger partial charge is 0.254 e. The fourth-order valence-electron chi connectivity index (χ4n) is 7.44. The van der Waals surface area contributed by atoms with E-state index in [0.29, 0.717) is 0 Å². The van der Waals surface area contributed by atoms with E-state index < -0.39 is 14.1 Å². The molecular formula is C56H50N2P2. The Morgan fingerprint density at radius 1 is 0.433 bits per heavy atom. The molecule has 0 spiro atoms. The van der Waals surface area contributed by atoms with E-state index in [4.69, 9.17) is 9.49 Å². The van der Waals surface area contributed by atoms with Gasteiger partial charge in [-0.15, -0.1) is 0 Å². The van der Waals surface area contributed by atoms with Crippen LogP contribution in [0.25, 0.3) is 22.3 Å². The van der Waals surface area contributed by atoms with Gasteiger partial charge in [-0.25, -0.2) is 0 Å². The summed E-state index contributed by atoms with van der Waals surface area (Å²) in [6, 6.07) is 68.9. The molecule has 1 atom stereocenters. The van der Waals surface area contributed by atoms with Crippen LogP contribution in [-0.2, 0) is 0 Å². The fourth-order valence-corrected chi connectivity index (χ4v) is 14.4. The molecule has 2 nitrogen and oxygen atoms in total. The monoisotopic (exact) mass is 812 g/mol. The SMILES string of the molecule is C=C/C=C\C(=C/C)P(=Nc1ccc(-c2ccc(-c3ccc(N=P(c4ccccc4)(c4ccccc4)c4ccccc4)cc3)cc2)cc1)(C(=C)/C=C\C=C/C)c1ccccc1. The maximum absolute atomic E-state index is 5.67. The van der Waals surface area contributed by atoms with Crippen molar-refractivity contribution in [2.75, 3.05) is 0 Å². The second kappa shape index (κ2) is 19.9. The predicted molar refractivity (Wildman–Crippen MR) is 266 cm³/mol. The molecule has 0 aliphatic carbocycles. The Morgan fingerprint density at radius 3 is 1.20 bits per heavy atom. The number of hydrogen-bond acceptors (Lipinski definition) is 2. The van der Waals surface area contributed by atoms with E-state index in [2.05, 4.69) is 226 Å². The van der Waals surface area contributed by atoms with Crippen molar-refractivity contribution in [2.24, 2.45) is 9.49 Å². The minimum atomic E-state index is -2.50. The van der Waals surface area contributed by atoms with Gasteiger partial charge < -0.3 is 0 Å². The van der Waals surface area contributed by atoms with Crippen molar-refractivity contribution in [3.8, 4) is 22.3 Å². The summed E-state index contributed by atoms with van der Waals surface area (Å²) in [5, 5.41) is 6.92. The highest BCUT2D eigenvalue weighted by Gasteiger charge is 2.29. The lowest BCUT2D eigenvalue weighted by Gasteiger charge is -2.28. The zero-order chi connectivity index (χ0) is 41.6. The third kappa shape index (κ3) is 9.02. The van der Waals surface area contributed by atoms with E-state index in [0.717, 1.165) is 49.6 Å². The van der Waals surface area contributed by atoms with E-state index in [9.17, 15) is 0 Å². The van der Waals surface area contributed by atoms with E-state index in [1.165, 1.54) is 15.9 Å². The molecule has 0 aliphatic rings. The highest BCUT2D eigenvalue weighted by molar-refractivity contribution is 7.87. The number of hydrogen-bond donors (Lipinski definition) is 0. The van der Waals surface area contributed by atoms with Crippen molar-refractivity contribution >= 4 is 46.7 Å². The summed E-state index contributed by atoms with van der Waals surface area (Å²) >= 11 is 0. The first-order valence-corrected chi connectivity index (χ1v) is 23.7. The molecule has 7 aromatic carbocycles. The van der Waals surface area contributed by atoms with Crippen LogP contribution in [0.2, 0.25) is 0 Å². The van der Waals surface area contributed by atoms with Crippen LogP contribution in [0.3, 0.4) is 0 Å². The highest BCUT2D eigenvalue weighted by atomic mass is 31.2. The van der Waals surface area contributed by atoms with Crippen molar-refractivity contribution in [3.63, 3.8) is 0 Å². The fraction of sp³-hybridized carbons (Fsp3) is 0.0357. The highest BCUT2D eigenvalue weighted by Crippen LogP contribution is 2.65. The summed E-state index contributed by atoms with van der Waals surface area (Å²) < 4.78 is 11.3. The Bertz CT molecular complexity index is 2660. The molecule has 60 heavy (non-hydrogen) atoms. The number of allylic oxidation sites excluding steroid dienone is 10. The van der Waals surface area contributed by atoms with Gasteiger partial charge in [0.25, 0.3) is 0 Å². The van der Waals surface area contributed by atoms with Gasteiger partial charge in [0.15, 0.2) is 0 Å². The third-order valence-corrected chi connectivity index (χ3v) is 17.8. The topological polar surface area (TPSA) is 24.7 Å². The first kappa shape index (κ1) is 41.6. The van der Waals surface area contributed by atoms with Gasteiger partial charge in [-0.2, -0.15) is 0 Å². The molecule has 1 unspecified atom stereocenters. The van der Waals surface area contributed by atoms with Gasteiger partial charge in [0.1, 0.15) is 0 Å². The minimum Gasteiger partial charge on any atom is -0.254 e. The molecule has 4 heteroatoms. The van der Waals surface area contributed by atoms with Crippen LogP contribution in [-0.4, -0.2) is 0 Å². The maximum Gasteiger partial charge on any atom is 0.0625 e. The van der Waals surface area contributed by atoms with Gasteiger partial charge >= 0.3 is 0 Å². The van der Waals surface area contributed by atoms with Crippen LogP contribution < -0.4 is 21.2 Å². The summed E-state index contributed by atoms with van der Waals surface area (Å²) in [7, 11) is -4.86. The number of benzene rings is 7. The van der Waals surface area contributed by atoms with Crippen molar-refractivity contribution < 1.29 is 0 Å². The molecule has 0 saturated heterocycles. The van der Waals surface area contributed by atoms with Crippen LogP contribution in [0.4, 0.5) is 11.4 Å². The molecule has 0 aliphatic heterocycles. The van der Waals surface area contributed by atoms with Gasteiger partial charge in [0.05, 0.1) is 25.5 Å². The predicted octanol–water partition coefficient (Wildman–Crippen LogP) is 15.3. The van der Waals surface area contributed by atoms with Crippen LogP contribution in [0.5, 0.6) is 0 Å². The van der Waals surface area contributed by atoms with Crippen molar-refractivity contribution in [1.82, 2.24) is 0 Å². The first-order valence-electron chi connectivity index (χ1n) is 20.2. The zero-order valence-electron chi connectivity index (χ0n) is 34.3. The maximum atomic E-state index is 5.67. The van der Waals surface area contributed by atoms with E-state index >= 15 is 0 Å². The number of nitrogens with zero attached hydrogens (tertiary/aromatic N) is 2. The molecule has 0 aromatic heterocycles. The summed E-state index contributed by atoms with van der Waals surface area (Å²) in [5.41, 5.74) is 6.44. The molecule has 0 heterocycles. The third-order valence-electron chi connectivity index (χ3n) is 10.4. The molecule has 0 radical (unpaired) electrons. The molecule has 294 valence electrons. The van der Waals surface area contributed by atoms with Crippen molar-refractivity contribution in [2.45, 2.75) is 13.8 Å². The molecule has 0 saturated carbocycles. The second-order valence-electron chi connectivity index (χ2n) is 14.2. The number of rotatable bonds is 14. The quantitative estimate of drug-likeness (QED) is 0.0772. The molecule has 7 aromatic rings. The van der Waals surface area contributed by atoms with Crippen LogP contribution >= 0.6 is 14.1 Å². The standard InChI is InChI=1S/C56H50N2P2/c1-5-8-14-23-45(4)59(52(7-3)24-9-6-2,53-25-15-10-16-26-53)57-50-41-37-48(38-42-50)46-33-35-47(36-34-46)49-39-43-51(44-40-49)58-60(54-27-17-11-18-28-54,55-29-19-12-20-30-55)56-31-21-13-22-32-56/h5-44H,2,4H2,1,3H3/b8-5-,23-14-,24-9-,52-7+. The summed E-state index contributed by atoms with van der Waals surface area (Å²) in [6.07, 6.45) is 16.3. The Labute approximate surface area is 357 Å². The Hall–Kier alpha value is -6.56.